The van der Waals surface area contributed by atoms with Gasteiger partial charge in [0.2, 0.25) is 0 Å². The fourth-order valence-corrected chi connectivity index (χ4v) is 1.97. The number of methoxy groups -OCH3 is 1. The van der Waals surface area contributed by atoms with Crippen molar-refractivity contribution in [3.8, 4) is 11.5 Å². The monoisotopic (exact) mass is 330 g/mol. The van der Waals surface area contributed by atoms with E-state index in [1.807, 2.05) is 24.3 Å². The van der Waals surface area contributed by atoms with E-state index < -0.39 is 11.8 Å². The number of hydrogen-bond acceptors (Lipinski definition) is 4. The van der Waals surface area contributed by atoms with Gasteiger partial charge < -0.3 is 14.2 Å². The molecule has 0 N–H and O–H groups in total. The highest BCUT2D eigenvalue weighted by Gasteiger charge is 2.05. The van der Waals surface area contributed by atoms with E-state index in [-0.39, 0.29) is 12.4 Å². The molecule has 2 aromatic carbocycles. The van der Waals surface area contributed by atoms with Crippen LogP contribution in [0.15, 0.2) is 48.5 Å². The Morgan fingerprint density at radius 1 is 1.17 bits per heavy atom. The summed E-state index contributed by atoms with van der Waals surface area (Å²) in [6.07, 6.45) is 2.85. The molecule has 0 saturated heterocycles. The van der Waals surface area contributed by atoms with Crippen molar-refractivity contribution in [3.05, 3.63) is 65.5 Å². The molecule has 0 unspecified atom stereocenters. The summed E-state index contributed by atoms with van der Waals surface area (Å²) in [7, 11) is 1.59. The van der Waals surface area contributed by atoms with Gasteiger partial charge in [-0.3, -0.25) is 0 Å². The molecule has 4 nitrogen and oxygen atoms in total. The van der Waals surface area contributed by atoms with Crippen molar-refractivity contribution in [3.63, 3.8) is 0 Å². The predicted octanol–water partition coefficient (Wildman–Crippen LogP) is 3.99. The Morgan fingerprint density at radius 3 is 2.58 bits per heavy atom. The van der Waals surface area contributed by atoms with Crippen molar-refractivity contribution >= 4 is 12.0 Å². The summed E-state index contributed by atoms with van der Waals surface area (Å²) >= 11 is 0. The predicted molar refractivity (Wildman–Crippen MR) is 89.4 cm³/mol. The van der Waals surface area contributed by atoms with E-state index in [9.17, 15) is 9.18 Å². The summed E-state index contributed by atoms with van der Waals surface area (Å²) in [6.45, 7) is 2.27. The number of rotatable bonds is 7. The van der Waals surface area contributed by atoms with Crippen LogP contribution in [-0.2, 0) is 16.1 Å². The Bertz CT molecular complexity index is 708. The molecule has 0 aromatic heterocycles. The van der Waals surface area contributed by atoms with E-state index in [2.05, 4.69) is 0 Å². The molecule has 126 valence electrons. The fraction of sp³-hybridized carbons (Fsp3) is 0.211. The number of hydrogen-bond donors (Lipinski definition) is 0. The molecule has 5 heteroatoms. The lowest BCUT2D eigenvalue weighted by molar-refractivity contribution is -0.137. The molecule has 24 heavy (non-hydrogen) atoms. The Morgan fingerprint density at radius 2 is 1.92 bits per heavy atom. The van der Waals surface area contributed by atoms with Gasteiger partial charge in [-0.1, -0.05) is 18.2 Å². The molecule has 2 aromatic rings. The minimum absolute atomic E-state index is 0.122. The third-order valence-corrected chi connectivity index (χ3v) is 3.21. The lowest BCUT2D eigenvalue weighted by Gasteiger charge is -2.09. The summed E-state index contributed by atoms with van der Waals surface area (Å²) in [5, 5.41) is 0. The second-order valence-corrected chi connectivity index (χ2v) is 4.91. The van der Waals surface area contributed by atoms with Crippen LogP contribution < -0.4 is 9.47 Å². The van der Waals surface area contributed by atoms with Gasteiger partial charge in [0.05, 0.1) is 13.7 Å². The van der Waals surface area contributed by atoms with Crippen LogP contribution in [-0.4, -0.2) is 19.7 Å². The molecule has 2 rings (SSSR count). The van der Waals surface area contributed by atoms with Crippen LogP contribution in [0.3, 0.4) is 0 Å². The van der Waals surface area contributed by atoms with Gasteiger partial charge in [-0.15, -0.1) is 0 Å². The number of carbonyl (C=O) groups excluding carboxylic acids is 1. The van der Waals surface area contributed by atoms with Crippen LogP contribution in [0, 0.1) is 5.82 Å². The van der Waals surface area contributed by atoms with Gasteiger partial charge in [0.25, 0.3) is 0 Å². The van der Waals surface area contributed by atoms with Crippen LogP contribution in [0.1, 0.15) is 18.1 Å². The van der Waals surface area contributed by atoms with Gasteiger partial charge in [0, 0.05) is 6.08 Å². The van der Waals surface area contributed by atoms with Crippen LogP contribution in [0.25, 0.3) is 6.08 Å². The van der Waals surface area contributed by atoms with Crippen LogP contribution in [0.5, 0.6) is 11.5 Å². The van der Waals surface area contributed by atoms with Crippen molar-refractivity contribution in [1.29, 1.82) is 0 Å². The zero-order valence-electron chi connectivity index (χ0n) is 13.6. The lowest BCUT2D eigenvalue weighted by Crippen LogP contribution is -1.99. The molecule has 0 saturated carbocycles. The lowest BCUT2D eigenvalue weighted by atomic mass is 10.2. The molecule has 0 fully saturated rings. The third-order valence-electron chi connectivity index (χ3n) is 3.21. The first-order valence-electron chi connectivity index (χ1n) is 7.52. The van der Waals surface area contributed by atoms with Crippen LogP contribution >= 0.6 is 0 Å². The Hall–Kier alpha value is -2.82. The normalized spacial score (nSPS) is 10.6. The first-order chi connectivity index (χ1) is 11.6. The molecule has 0 aliphatic rings. The average molecular weight is 330 g/mol. The van der Waals surface area contributed by atoms with E-state index in [0.717, 1.165) is 11.3 Å². The van der Waals surface area contributed by atoms with E-state index in [0.29, 0.717) is 12.2 Å². The van der Waals surface area contributed by atoms with Crippen LogP contribution in [0.4, 0.5) is 4.39 Å². The molecule has 0 amide bonds. The molecule has 0 bridgehead atoms. The molecule has 0 aliphatic heterocycles. The van der Waals surface area contributed by atoms with Crippen molar-refractivity contribution in [1.82, 2.24) is 0 Å². The highest BCUT2D eigenvalue weighted by atomic mass is 19.1. The van der Waals surface area contributed by atoms with Gasteiger partial charge >= 0.3 is 5.97 Å². The molecule has 0 aliphatic carbocycles. The highest BCUT2D eigenvalue weighted by Crippen LogP contribution is 2.21. The number of halogens is 1. The van der Waals surface area contributed by atoms with E-state index >= 15 is 0 Å². The van der Waals surface area contributed by atoms with Crippen molar-refractivity contribution in [2.75, 3.05) is 13.7 Å². The third kappa shape index (κ3) is 5.12. The quantitative estimate of drug-likeness (QED) is 0.569. The minimum atomic E-state index is -0.461. The first kappa shape index (κ1) is 17.5. The number of benzene rings is 2. The van der Waals surface area contributed by atoms with Gasteiger partial charge in [-0.25, -0.2) is 9.18 Å². The summed E-state index contributed by atoms with van der Waals surface area (Å²) in [5.41, 5.74) is 1.54. The van der Waals surface area contributed by atoms with Crippen LogP contribution in [0.2, 0.25) is 0 Å². The van der Waals surface area contributed by atoms with Crippen molar-refractivity contribution in [2.24, 2.45) is 0 Å². The number of ether oxygens (including phenoxy) is 3. The fourth-order valence-electron chi connectivity index (χ4n) is 1.97. The Kier molecular flexibility index (Phi) is 6.37. The second-order valence-electron chi connectivity index (χ2n) is 4.91. The van der Waals surface area contributed by atoms with Gasteiger partial charge in [0.15, 0.2) is 11.6 Å². The van der Waals surface area contributed by atoms with Gasteiger partial charge in [-0.2, -0.15) is 0 Å². The average Bonchev–Trinajstić information content (AvgIpc) is 2.60. The molecular formula is C19H19FO4. The molecule has 0 spiro atoms. The zero-order valence-corrected chi connectivity index (χ0v) is 13.6. The zero-order chi connectivity index (χ0) is 17.4. The standard InChI is InChI=1S/C19H19FO4/c1-3-23-19(21)11-7-14-6-10-17(20)18(12-14)24-13-15-4-8-16(22-2)9-5-15/h4-12H,3,13H2,1-2H3/b11-7+. The topological polar surface area (TPSA) is 44.8 Å². The highest BCUT2D eigenvalue weighted by molar-refractivity contribution is 5.87. The summed E-state index contributed by atoms with van der Waals surface area (Å²) in [5.74, 6) is -0.0350. The van der Waals surface area contributed by atoms with Gasteiger partial charge in [-0.05, 0) is 48.4 Å². The largest absolute Gasteiger partial charge is 0.497 e. The minimum Gasteiger partial charge on any atom is -0.497 e. The smallest absolute Gasteiger partial charge is 0.330 e. The molecule has 0 heterocycles. The van der Waals surface area contributed by atoms with E-state index in [1.165, 1.54) is 18.2 Å². The molecular weight excluding hydrogens is 311 g/mol. The molecule has 0 atom stereocenters. The number of esters is 1. The maximum Gasteiger partial charge on any atom is 0.330 e. The Labute approximate surface area is 140 Å². The first-order valence-corrected chi connectivity index (χ1v) is 7.52. The second kappa shape index (κ2) is 8.72. The van der Waals surface area contributed by atoms with E-state index in [1.54, 1.807) is 26.2 Å². The maximum absolute atomic E-state index is 13.8. The summed E-state index contributed by atoms with van der Waals surface area (Å²) in [4.78, 5) is 11.3. The van der Waals surface area contributed by atoms with Crippen molar-refractivity contribution < 1.29 is 23.4 Å². The van der Waals surface area contributed by atoms with E-state index in [4.69, 9.17) is 14.2 Å². The maximum atomic E-state index is 13.8. The summed E-state index contributed by atoms with van der Waals surface area (Å²) in [6, 6.07) is 11.7. The SMILES string of the molecule is CCOC(=O)/C=C/c1ccc(F)c(OCc2ccc(OC)cc2)c1. The number of carbonyl (C=O) groups is 1. The molecule has 0 radical (unpaired) electrons. The summed E-state index contributed by atoms with van der Waals surface area (Å²) < 4.78 is 29.3. The Balaban J connectivity index is 2.03. The van der Waals surface area contributed by atoms with Gasteiger partial charge in [0.1, 0.15) is 12.4 Å². The van der Waals surface area contributed by atoms with Crippen molar-refractivity contribution in [2.45, 2.75) is 13.5 Å².